The highest BCUT2D eigenvalue weighted by atomic mass is 127. The molecule has 0 radical (unpaired) electrons. The predicted octanol–water partition coefficient (Wildman–Crippen LogP) is 3.83. The summed E-state index contributed by atoms with van der Waals surface area (Å²) in [7, 11) is 0. The molecule has 0 saturated carbocycles. The van der Waals surface area contributed by atoms with Crippen LogP contribution < -0.4 is 10.6 Å². The quantitative estimate of drug-likeness (QED) is 0.217. The zero-order valence-electron chi connectivity index (χ0n) is 16.7. The van der Waals surface area contributed by atoms with Gasteiger partial charge >= 0.3 is 0 Å². The molecule has 2 rings (SSSR count). The maximum absolute atomic E-state index is 13.9. The Morgan fingerprint density at radius 1 is 1.36 bits per heavy atom. The van der Waals surface area contributed by atoms with Crippen molar-refractivity contribution >= 4 is 29.9 Å². The van der Waals surface area contributed by atoms with Crippen molar-refractivity contribution in [3.8, 4) is 0 Å². The predicted molar refractivity (Wildman–Crippen MR) is 119 cm³/mol. The second-order valence-electron chi connectivity index (χ2n) is 6.78. The van der Waals surface area contributed by atoms with Crippen molar-refractivity contribution in [3.05, 3.63) is 35.4 Å². The maximum Gasteiger partial charge on any atom is 0.191 e. The zero-order valence-corrected chi connectivity index (χ0v) is 19.0. The first-order chi connectivity index (χ1) is 13.1. The second kappa shape index (κ2) is 14.1. The van der Waals surface area contributed by atoms with Crippen molar-refractivity contribution in [2.45, 2.75) is 45.1 Å². The molecule has 1 fully saturated rings. The number of halogens is 3. The standard InChI is InChI=1S/C20H31F2N3O2.HI/c1-3-23-20(24-9-5-10-26-14-17-6-4-11-27-17)25-13-15(2)18-8-7-16(21)12-19(18)22;/h7-8,12,15,17H,3-6,9-11,13-14H2,1-2H3,(H2,23,24,25);1H. The highest BCUT2D eigenvalue weighted by molar-refractivity contribution is 14.0. The van der Waals surface area contributed by atoms with Crippen LogP contribution in [0.4, 0.5) is 8.78 Å². The first-order valence-corrected chi connectivity index (χ1v) is 9.76. The maximum atomic E-state index is 13.9. The van der Waals surface area contributed by atoms with Crippen LogP contribution in [0.2, 0.25) is 0 Å². The molecule has 1 aliphatic heterocycles. The summed E-state index contributed by atoms with van der Waals surface area (Å²) in [5.74, 6) is -0.551. The fourth-order valence-electron chi connectivity index (χ4n) is 2.94. The topological polar surface area (TPSA) is 54.9 Å². The van der Waals surface area contributed by atoms with Gasteiger partial charge in [0.05, 0.1) is 12.7 Å². The third-order valence-electron chi connectivity index (χ3n) is 4.45. The van der Waals surface area contributed by atoms with E-state index in [9.17, 15) is 8.78 Å². The van der Waals surface area contributed by atoms with Crippen molar-refractivity contribution in [1.29, 1.82) is 0 Å². The van der Waals surface area contributed by atoms with Crippen molar-refractivity contribution in [2.75, 3.05) is 39.5 Å². The third-order valence-corrected chi connectivity index (χ3v) is 4.45. The molecule has 1 aliphatic rings. The summed E-state index contributed by atoms with van der Waals surface area (Å²) in [4.78, 5) is 4.51. The number of aliphatic imine (C=N–C) groups is 1. The van der Waals surface area contributed by atoms with E-state index in [1.165, 1.54) is 12.1 Å². The molecule has 0 aromatic heterocycles. The Morgan fingerprint density at radius 2 is 2.18 bits per heavy atom. The van der Waals surface area contributed by atoms with Crippen LogP contribution in [0.25, 0.3) is 0 Å². The van der Waals surface area contributed by atoms with Crippen LogP contribution in [-0.4, -0.2) is 51.5 Å². The summed E-state index contributed by atoms with van der Waals surface area (Å²) in [5, 5.41) is 6.43. The fraction of sp³-hybridized carbons (Fsp3) is 0.650. The van der Waals surface area contributed by atoms with E-state index in [-0.39, 0.29) is 36.0 Å². The fourth-order valence-corrected chi connectivity index (χ4v) is 2.94. The second-order valence-corrected chi connectivity index (χ2v) is 6.78. The van der Waals surface area contributed by atoms with Gasteiger partial charge < -0.3 is 20.1 Å². The number of ether oxygens (including phenoxy) is 2. The van der Waals surface area contributed by atoms with Crippen molar-refractivity contribution in [2.24, 2.45) is 4.99 Å². The van der Waals surface area contributed by atoms with Gasteiger partial charge in [-0.1, -0.05) is 13.0 Å². The Morgan fingerprint density at radius 3 is 2.86 bits per heavy atom. The number of hydrogen-bond donors (Lipinski definition) is 2. The van der Waals surface area contributed by atoms with E-state index in [4.69, 9.17) is 9.47 Å². The molecule has 0 aliphatic carbocycles. The van der Waals surface area contributed by atoms with Gasteiger partial charge in [0, 0.05) is 44.8 Å². The van der Waals surface area contributed by atoms with Crippen molar-refractivity contribution in [1.82, 2.24) is 10.6 Å². The molecule has 0 amide bonds. The molecule has 1 aromatic carbocycles. The summed E-state index contributed by atoms with van der Waals surface area (Å²) in [6.45, 7) is 7.93. The summed E-state index contributed by atoms with van der Waals surface area (Å²) >= 11 is 0. The number of nitrogens with zero attached hydrogens (tertiary/aromatic N) is 1. The van der Waals surface area contributed by atoms with Gasteiger partial charge in [0.25, 0.3) is 0 Å². The Balaban J connectivity index is 0.00000392. The molecule has 2 unspecified atom stereocenters. The van der Waals surface area contributed by atoms with Crippen LogP contribution in [-0.2, 0) is 9.47 Å². The Bertz CT molecular complexity index is 599. The molecule has 1 heterocycles. The van der Waals surface area contributed by atoms with Gasteiger partial charge in [0.2, 0.25) is 0 Å². The van der Waals surface area contributed by atoms with Crippen LogP contribution in [0.15, 0.2) is 23.2 Å². The molecule has 0 spiro atoms. The highest BCUT2D eigenvalue weighted by Crippen LogP contribution is 2.20. The zero-order chi connectivity index (χ0) is 19.5. The molecule has 5 nitrogen and oxygen atoms in total. The highest BCUT2D eigenvalue weighted by Gasteiger charge is 2.15. The minimum atomic E-state index is -0.566. The molecule has 2 atom stereocenters. The van der Waals surface area contributed by atoms with E-state index in [1.807, 2.05) is 13.8 Å². The summed E-state index contributed by atoms with van der Waals surface area (Å²) < 4.78 is 38.1. The molecule has 160 valence electrons. The van der Waals surface area contributed by atoms with E-state index in [2.05, 4.69) is 15.6 Å². The molecule has 8 heteroatoms. The molecule has 1 aromatic rings. The smallest absolute Gasteiger partial charge is 0.191 e. The number of benzene rings is 1. The first kappa shape index (κ1) is 25.0. The van der Waals surface area contributed by atoms with Gasteiger partial charge in [-0.3, -0.25) is 4.99 Å². The molecule has 1 saturated heterocycles. The van der Waals surface area contributed by atoms with Crippen molar-refractivity contribution < 1.29 is 18.3 Å². The normalized spacial score (nSPS) is 17.9. The summed E-state index contributed by atoms with van der Waals surface area (Å²) in [6.07, 6.45) is 3.32. The Labute approximate surface area is 183 Å². The first-order valence-electron chi connectivity index (χ1n) is 9.76. The average molecular weight is 511 g/mol. The van der Waals surface area contributed by atoms with Gasteiger partial charge in [-0.2, -0.15) is 0 Å². The van der Waals surface area contributed by atoms with E-state index < -0.39 is 11.6 Å². The van der Waals surface area contributed by atoms with E-state index in [0.29, 0.717) is 31.3 Å². The molecule has 2 N–H and O–H groups in total. The number of hydrogen-bond acceptors (Lipinski definition) is 3. The SMILES string of the molecule is CCNC(=NCC(C)c1ccc(F)cc1F)NCCCOCC1CCCO1.I. The Hall–Kier alpha value is -1.00. The molecule has 0 bridgehead atoms. The van der Waals surface area contributed by atoms with Crippen LogP contribution in [0.5, 0.6) is 0 Å². The van der Waals surface area contributed by atoms with Crippen LogP contribution in [0.3, 0.4) is 0 Å². The lowest BCUT2D eigenvalue weighted by atomic mass is 10.0. The van der Waals surface area contributed by atoms with Crippen LogP contribution in [0.1, 0.15) is 44.6 Å². The lowest BCUT2D eigenvalue weighted by molar-refractivity contribution is 0.0168. The minimum Gasteiger partial charge on any atom is -0.379 e. The lowest BCUT2D eigenvalue weighted by Crippen LogP contribution is -2.38. The van der Waals surface area contributed by atoms with Crippen LogP contribution in [0, 0.1) is 11.6 Å². The Kier molecular flexibility index (Phi) is 12.6. The van der Waals surface area contributed by atoms with Gasteiger partial charge in [-0.15, -0.1) is 24.0 Å². The van der Waals surface area contributed by atoms with Crippen molar-refractivity contribution in [3.63, 3.8) is 0 Å². The lowest BCUT2D eigenvalue weighted by Gasteiger charge is -2.15. The van der Waals surface area contributed by atoms with Gasteiger partial charge in [0.1, 0.15) is 11.6 Å². The monoisotopic (exact) mass is 511 g/mol. The summed E-state index contributed by atoms with van der Waals surface area (Å²) in [5.41, 5.74) is 0.471. The number of rotatable bonds is 10. The third kappa shape index (κ3) is 9.00. The summed E-state index contributed by atoms with van der Waals surface area (Å²) in [6, 6.07) is 3.67. The van der Waals surface area contributed by atoms with E-state index in [1.54, 1.807) is 0 Å². The van der Waals surface area contributed by atoms with E-state index >= 15 is 0 Å². The number of guanidine groups is 1. The van der Waals surface area contributed by atoms with Gasteiger partial charge in [-0.25, -0.2) is 8.78 Å². The molecular formula is C20H32F2IN3O2. The molecule has 28 heavy (non-hydrogen) atoms. The van der Waals surface area contributed by atoms with Crippen LogP contribution >= 0.6 is 24.0 Å². The average Bonchev–Trinajstić information content (AvgIpc) is 3.15. The number of nitrogens with one attached hydrogen (secondary N) is 2. The van der Waals surface area contributed by atoms with Gasteiger partial charge in [-0.05, 0) is 37.8 Å². The largest absolute Gasteiger partial charge is 0.379 e. The molecular weight excluding hydrogens is 479 g/mol. The van der Waals surface area contributed by atoms with Gasteiger partial charge in [0.15, 0.2) is 5.96 Å². The van der Waals surface area contributed by atoms with E-state index in [0.717, 1.165) is 45.0 Å². The minimum absolute atomic E-state index is 0.